The first-order chi connectivity index (χ1) is 7.56. The van der Waals surface area contributed by atoms with Crippen LogP contribution in [0, 0.1) is 0 Å². The second-order valence-electron chi connectivity index (χ2n) is 3.82. The molecule has 0 aromatic rings. The molecule has 0 aromatic carbocycles. The van der Waals surface area contributed by atoms with Crippen molar-refractivity contribution in [1.29, 1.82) is 0 Å². The molecule has 1 saturated heterocycles. The highest BCUT2D eigenvalue weighted by molar-refractivity contribution is 5.89. The van der Waals surface area contributed by atoms with Crippen LogP contribution in [-0.2, 0) is 4.74 Å². The van der Waals surface area contributed by atoms with Crippen LogP contribution in [0.25, 0.3) is 0 Å². The Morgan fingerprint density at radius 2 is 2.44 bits per heavy atom. The number of hydrogen-bond acceptors (Lipinski definition) is 4. The number of carbonyl (C=O) groups excluding carboxylic acids is 1. The highest BCUT2D eigenvalue weighted by Crippen LogP contribution is 2.05. The van der Waals surface area contributed by atoms with Crippen LogP contribution in [0.5, 0.6) is 0 Å². The number of amidine groups is 1. The molecule has 7 nitrogen and oxygen atoms in total. The van der Waals surface area contributed by atoms with Gasteiger partial charge in [0.05, 0.1) is 18.7 Å². The SMILES string of the molecule is CC(C(N)=NO)N(C)C(=O)NC1CCOC1. The third-order valence-corrected chi connectivity index (χ3v) is 2.70. The number of ether oxygens (including phenoxy) is 1. The molecule has 0 spiro atoms. The van der Waals surface area contributed by atoms with E-state index in [0.717, 1.165) is 6.42 Å². The van der Waals surface area contributed by atoms with Crippen LogP contribution in [0.15, 0.2) is 5.16 Å². The molecule has 0 saturated carbocycles. The monoisotopic (exact) mass is 230 g/mol. The molecule has 92 valence electrons. The number of nitrogens with zero attached hydrogens (tertiary/aromatic N) is 2. The van der Waals surface area contributed by atoms with Crippen molar-refractivity contribution in [1.82, 2.24) is 10.2 Å². The van der Waals surface area contributed by atoms with Gasteiger partial charge in [0.25, 0.3) is 0 Å². The zero-order valence-corrected chi connectivity index (χ0v) is 9.51. The van der Waals surface area contributed by atoms with Crippen LogP contribution in [0.1, 0.15) is 13.3 Å². The Morgan fingerprint density at radius 3 is 2.94 bits per heavy atom. The predicted octanol–water partition coefficient (Wildman–Crippen LogP) is -0.448. The number of hydrogen-bond donors (Lipinski definition) is 3. The number of amides is 2. The lowest BCUT2D eigenvalue weighted by Crippen LogP contribution is -2.50. The summed E-state index contributed by atoms with van der Waals surface area (Å²) in [6, 6.07) is -0.656. The molecule has 0 bridgehead atoms. The maximum atomic E-state index is 11.7. The summed E-state index contributed by atoms with van der Waals surface area (Å²) in [4.78, 5) is 13.1. The van der Waals surface area contributed by atoms with E-state index in [0.29, 0.717) is 13.2 Å². The van der Waals surface area contributed by atoms with Crippen LogP contribution in [0.4, 0.5) is 4.79 Å². The molecule has 0 aromatic heterocycles. The van der Waals surface area contributed by atoms with Crippen molar-refractivity contribution in [3.05, 3.63) is 0 Å². The topological polar surface area (TPSA) is 100 Å². The first kappa shape index (κ1) is 12.6. The lowest BCUT2D eigenvalue weighted by Gasteiger charge is -2.25. The molecule has 1 heterocycles. The van der Waals surface area contributed by atoms with E-state index in [-0.39, 0.29) is 17.9 Å². The van der Waals surface area contributed by atoms with Crippen LogP contribution < -0.4 is 11.1 Å². The first-order valence-corrected chi connectivity index (χ1v) is 5.14. The Kier molecular flexibility index (Phi) is 4.36. The third kappa shape index (κ3) is 2.99. The fraction of sp³-hybridized carbons (Fsp3) is 0.778. The summed E-state index contributed by atoms with van der Waals surface area (Å²) in [7, 11) is 1.59. The molecule has 0 aliphatic carbocycles. The van der Waals surface area contributed by atoms with E-state index in [1.807, 2.05) is 0 Å². The van der Waals surface area contributed by atoms with Crippen molar-refractivity contribution in [2.75, 3.05) is 20.3 Å². The van der Waals surface area contributed by atoms with Gasteiger partial charge in [0.1, 0.15) is 0 Å². The molecule has 0 radical (unpaired) electrons. The average Bonchev–Trinajstić information content (AvgIpc) is 2.78. The normalized spacial score (nSPS) is 22.9. The quantitative estimate of drug-likeness (QED) is 0.264. The molecule has 1 aliphatic rings. The van der Waals surface area contributed by atoms with Gasteiger partial charge in [-0.1, -0.05) is 5.16 Å². The Bertz CT molecular complexity index is 276. The minimum absolute atomic E-state index is 0.000298. The maximum Gasteiger partial charge on any atom is 0.318 e. The summed E-state index contributed by atoms with van der Waals surface area (Å²) in [5.41, 5.74) is 5.42. The number of rotatable bonds is 3. The maximum absolute atomic E-state index is 11.7. The molecule has 2 atom stereocenters. The minimum Gasteiger partial charge on any atom is -0.409 e. The van der Waals surface area contributed by atoms with Crippen molar-refractivity contribution in [3.63, 3.8) is 0 Å². The minimum atomic E-state index is -0.452. The Hall–Kier alpha value is -1.50. The lowest BCUT2D eigenvalue weighted by atomic mass is 10.2. The summed E-state index contributed by atoms with van der Waals surface area (Å²) in [5, 5.41) is 14.2. The van der Waals surface area contributed by atoms with Crippen LogP contribution in [0.3, 0.4) is 0 Å². The second kappa shape index (κ2) is 5.55. The zero-order chi connectivity index (χ0) is 12.1. The first-order valence-electron chi connectivity index (χ1n) is 5.14. The van der Waals surface area contributed by atoms with Crippen LogP contribution >= 0.6 is 0 Å². The fourth-order valence-electron chi connectivity index (χ4n) is 1.38. The smallest absolute Gasteiger partial charge is 0.318 e. The van der Waals surface area contributed by atoms with Crippen molar-refractivity contribution in [3.8, 4) is 0 Å². The van der Waals surface area contributed by atoms with Gasteiger partial charge >= 0.3 is 6.03 Å². The Morgan fingerprint density at radius 1 is 1.75 bits per heavy atom. The van der Waals surface area contributed by atoms with Gasteiger partial charge in [-0.2, -0.15) is 0 Å². The van der Waals surface area contributed by atoms with Gasteiger partial charge in [-0.15, -0.1) is 0 Å². The zero-order valence-electron chi connectivity index (χ0n) is 9.51. The van der Waals surface area contributed by atoms with E-state index in [2.05, 4.69) is 10.5 Å². The number of nitrogens with one attached hydrogen (secondary N) is 1. The van der Waals surface area contributed by atoms with E-state index in [9.17, 15) is 4.79 Å². The summed E-state index contributed by atoms with van der Waals surface area (Å²) in [6.07, 6.45) is 0.817. The molecule has 1 rings (SSSR count). The standard InChI is InChI=1S/C9H18N4O3/c1-6(8(10)12-15)13(2)9(14)11-7-3-4-16-5-7/h6-7,15H,3-5H2,1-2H3,(H2,10,12)(H,11,14). The van der Waals surface area contributed by atoms with Crippen molar-refractivity contribution in [2.45, 2.75) is 25.4 Å². The Labute approximate surface area is 94.2 Å². The number of likely N-dealkylation sites (N-methyl/N-ethyl adjacent to an activating group) is 1. The fourth-order valence-corrected chi connectivity index (χ4v) is 1.38. The number of oxime groups is 1. The summed E-state index contributed by atoms with van der Waals surface area (Å²) in [5.74, 6) is 0.000298. The molecule has 2 unspecified atom stereocenters. The highest BCUT2D eigenvalue weighted by Gasteiger charge is 2.23. The number of nitrogens with two attached hydrogens (primary N) is 1. The van der Waals surface area contributed by atoms with E-state index in [1.54, 1.807) is 14.0 Å². The Balaban J connectivity index is 2.46. The summed E-state index contributed by atoms with van der Waals surface area (Å²) >= 11 is 0. The third-order valence-electron chi connectivity index (χ3n) is 2.70. The van der Waals surface area contributed by atoms with E-state index < -0.39 is 6.04 Å². The van der Waals surface area contributed by atoms with Gasteiger partial charge in [0, 0.05) is 13.7 Å². The molecule has 1 fully saturated rings. The largest absolute Gasteiger partial charge is 0.409 e. The van der Waals surface area contributed by atoms with Crippen molar-refractivity contribution < 1.29 is 14.7 Å². The summed E-state index contributed by atoms with van der Waals surface area (Å²) in [6.45, 7) is 2.89. The van der Waals surface area contributed by atoms with E-state index >= 15 is 0 Å². The lowest BCUT2D eigenvalue weighted by molar-refractivity contribution is 0.180. The number of urea groups is 1. The predicted molar refractivity (Wildman–Crippen MR) is 58.4 cm³/mol. The molecule has 1 aliphatic heterocycles. The summed E-state index contributed by atoms with van der Waals surface area (Å²) < 4.78 is 5.15. The molecule has 4 N–H and O–H groups in total. The van der Waals surface area contributed by atoms with Gasteiger partial charge in [0.15, 0.2) is 5.84 Å². The van der Waals surface area contributed by atoms with Gasteiger partial charge in [-0.3, -0.25) is 0 Å². The van der Waals surface area contributed by atoms with Gasteiger partial charge in [-0.05, 0) is 13.3 Å². The molecule has 7 heteroatoms. The van der Waals surface area contributed by atoms with Crippen LogP contribution in [0.2, 0.25) is 0 Å². The van der Waals surface area contributed by atoms with Gasteiger partial charge < -0.3 is 25.9 Å². The van der Waals surface area contributed by atoms with Gasteiger partial charge in [-0.25, -0.2) is 4.79 Å². The second-order valence-corrected chi connectivity index (χ2v) is 3.82. The van der Waals surface area contributed by atoms with E-state index in [1.165, 1.54) is 4.90 Å². The number of carbonyl (C=O) groups is 1. The molecular formula is C9H18N4O3. The van der Waals surface area contributed by atoms with Crippen molar-refractivity contribution >= 4 is 11.9 Å². The molecule has 2 amide bonds. The molecular weight excluding hydrogens is 212 g/mol. The van der Waals surface area contributed by atoms with E-state index in [4.69, 9.17) is 15.7 Å². The molecule has 16 heavy (non-hydrogen) atoms. The van der Waals surface area contributed by atoms with Gasteiger partial charge in [0.2, 0.25) is 0 Å². The van der Waals surface area contributed by atoms with Crippen molar-refractivity contribution in [2.24, 2.45) is 10.9 Å². The highest BCUT2D eigenvalue weighted by atomic mass is 16.5. The van der Waals surface area contributed by atoms with Crippen LogP contribution in [-0.4, -0.2) is 54.3 Å². The average molecular weight is 230 g/mol.